The molecule has 0 saturated heterocycles. The predicted octanol–water partition coefficient (Wildman–Crippen LogP) is 2.74. The molecule has 4 nitrogen and oxygen atoms in total. The Labute approximate surface area is 133 Å². The van der Waals surface area contributed by atoms with Crippen LogP contribution in [-0.4, -0.2) is 24.2 Å². The summed E-state index contributed by atoms with van der Waals surface area (Å²) in [5.74, 6) is 0.422. The van der Waals surface area contributed by atoms with E-state index in [-0.39, 0.29) is 12.5 Å². The van der Waals surface area contributed by atoms with Crippen molar-refractivity contribution in [1.29, 1.82) is 0 Å². The number of halogens is 1. The largest absolute Gasteiger partial charge is 0.493 e. The highest BCUT2D eigenvalue weighted by Gasteiger charge is 2.35. The van der Waals surface area contributed by atoms with E-state index < -0.39 is 5.60 Å². The molecule has 2 N–H and O–H groups in total. The lowest BCUT2D eigenvalue weighted by Gasteiger charge is -2.34. The summed E-state index contributed by atoms with van der Waals surface area (Å²) in [6, 6.07) is 14.0. The maximum absolute atomic E-state index is 12.2. The molecule has 22 heavy (non-hydrogen) atoms. The van der Waals surface area contributed by atoms with Crippen molar-refractivity contribution in [3.8, 4) is 5.75 Å². The van der Waals surface area contributed by atoms with Crippen LogP contribution >= 0.6 is 11.6 Å². The van der Waals surface area contributed by atoms with Crippen molar-refractivity contribution in [3.63, 3.8) is 0 Å². The lowest BCUT2D eigenvalue weighted by atomic mass is 9.88. The maximum atomic E-state index is 12.2. The number of hydrogen-bond donors (Lipinski definition) is 2. The first-order chi connectivity index (χ1) is 10.6. The van der Waals surface area contributed by atoms with E-state index in [4.69, 9.17) is 16.3 Å². The Morgan fingerprint density at radius 3 is 2.73 bits per heavy atom. The second-order valence-corrected chi connectivity index (χ2v) is 5.75. The molecule has 114 valence electrons. The highest BCUT2D eigenvalue weighted by molar-refractivity contribution is 6.30. The smallest absolute Gasteiger partial charge is 0.251 e. The number of para-hydroxylation sites is 1. The van der Waals surface area contributed by atoms with E-state index in [1.807, 2.05) is 24.3 Å². The van der Waals surface area contributed by atoms with Crippen LogP contribution in [0.3, 0.4) is 0 Å². The van der Waals surface area contributed by atoms with E-state index >= 15 is 0 Å². The monoisotopic (exact) mass is 317 g/mol. The Hall–Kier alpha value is -2.04. The van der Waals surface area contributed by atoms with Gasteiger partial charge >= 0.3 is 0 Å². The van der Waals surface area contributed by atoms with Gasteiger partial charge in [0.05, 0.1) is 13.2 Å². The molecule has 5 heteroatoms. The summed E-state index contributed by atoms with van der Waals surface area (Å²) >= 11 is 5.81. The van der Waals surface area contributed by atoms with Crippen molar-refractivity contribution in [3.05, 3.63) is 64.7 Å². The van der Waals surface area contributed by atoms with Crippen LogP contribution < -0.4 is 10.1 Å². The van der Waals surface area contributed by atoms with E-state index in [0.717, 1.165) is 0 Å². The minimum atomic E-state index is -1.11. The number of aliphatic hydroxyl groups is 1. The number of hydrogen-bond acceptors (Lipinski definition) is 3. The van der Waals surface area contributed by atoms with Crippen LogP contribution in [0.2, 0.25) is 5.02 Å². The Morgan fingerprint density at radius 2 is 1.95 bits per heavy atom. The van der Waals surface area contributed by atoms with Gasteiger partial charge in [-0.25, -0.2) is 0 Å². The van der Waals surface area contributed by atoms with Gasteiger partial charge < -0.3 is 15.2 Å². The van der Waals surface area contributed by atoms with Gasteiger partial charge in [0, 0.05) is 22.6 Å². The van der Waals surface area contributed by atoms with Crippen LogP contribution in [0.5, 0.6) is 5.75 Å². The zero-order valence-electron chi connectivity index (χ0n) is 11.9. The molecule has 0 bridgehead atoms. The average Bonchev–Trinajstić information content (AvgIpc) is 2.54. The molecule has 0 aliphatic carbocycles. The van der Waals surface area contributed by atoms with Gasteiger partial charge in [-0.15, -0.1) is 0 Å². The molecular formula is C17H16ClNO3. The molecule has 1 aliphatic rings. The number of ether oxygens (including phenoxy) is 1. The number of nitrogens with one attached hydrogen (secondary N) is 1. The summed E-state index contributed by atoms with van der Waals surface area (Å²) < 4.78 is 5.54. The molecule has 0 saturated carbocycles. The van der Waals surface area contributed by atoms with E-state index in [2.05, 4.69) is 5.32 Å². The first-order valence-corrected chi connectivity index (χ1v) is 7.45. The third kappa shape index (κ3) is 2.93. The minimum absolute atomic E-state index is 0.134. The lowest BCUT2D eigenvalue weighted by Crippen LogP contribution is -2.43. The molecule has 3 rings (SSSR count). The summed E-state index contributed by atoms with van der Waals surface area (Å²) in [5.41, 5.74) is 0.0997. The predicted molar refractivity (Wildman–Crippen MR) is 84.2 cm³/mol. The van der Waals surface area contributed by atoms with Crippen LogP contribution in [0.25, 0.3) is 0 Å². The number of carbonyl (C=O) groups is 1. The average molecular weight is 318 g/mol. The summed E-state index contributed by atoms with van der Waals surface area (Å²) in [7, 11) is 0. The molecule has 1 unspecified atom stereocenters. The van der Waals surface area contributed by atoms with Crippen molar-refractivity contribution in [2.24, 2.45) is 0 Å². The van der Waals surface area contributed by atoms with E-state index in [1.165, 1.54) is 0 Å². The fourth-order valence-electron chi connectivity index (χ4n) is 2.55. The van der Waals surface area contributed by atoms with Crippen molar-refractivity contribution in [1.82, 2.24) is 5.32 Å². The SMILES string of the molecule is O=C(NCC1(O)CCOc2ccccc21)c1ccc(Cl)cc1. The molecule has 0 fully saturated rings. The van der Waals surface area contributed by atoms with Gasteiger partial charge in [0.25, 0.3) is 5.91 Å². The van der Waals surface area contributed by atoms with Crippen molar-refractivity contribution in [2.45, 2.75) is 12.0 Å². The Balaban J connectivity index is 1.73. The number of rotatable bonds is 3. The maximum Gasteiger partial charge on any atom is 0.251 e. The lowest BCUT2D eigenvalue weighted by molar-refractivity contribution is -0.00160. The van der Waals surface area contributed by atoms with Gasteiger partial charge in [0.1, 0.15) is 11.4 Å². The van der Waals surface area contributed by atoms with Crippen molar-refractivity contribution >= 4 is 17.5 Å². The van der Waals surface area contributed by atoms with Crippen LogP contribution in [0.1, 0.15) is 22.3 Å². The molecular weight excluding hydrogens is 302 g/mol. The Morgan fingerprint density at radius 1 is 1.23 bits per heavy atom. The Kier molecular flexibility index (Phi) is 4.05. The van der Waals surface area contributed by atoms with Gasteiger partial charge in [-0.05, 0) is 30.3 Å². The van der Waals surface area contributed by atoms with Crippen molar-refractivity contribution < 1.29 is 14.6 Å². The third-order valence-corrected chi connectivity index (χ3v) is 4.06. The van der Waals surface area contributed by atoms with Gasteiger partial charge in [0.2, 0.25) is 0 Å². The molecule has 1 heterocycles. The summed E-state index contributed by atoms with van der Waals surface area (Å²) in [4.78, 5) is 12.2. The van der Waals surface area contributed by atoms with Crippen LogP contribution in [0.15, 0.2) is 48.5 Å². The van der Waals surface area contributed by atoms with Crippen LogP contribution in [0.4, 0.5) is 0 Å². The molecule has 1 atom stereocenters. The minimum Gasteiger partial charge on any atom is -0.493 e. The zero-order valence-corrected chi connectivity index (χ0v) is 12.6. The van der Waals surface area contributed by atoms with E-state index in [9.17, 15) is 9.90 Å². The number of amides is 1. The Bertz CT molecular complexity index is 687. The summed E-state index contributed by atoms with van der Waals surface area (Å²) in [6.45, 7) is 0.555. The standard InChI is InChI=1S/C17H16ClNO3/c18-13-7-5-12(6-8-13)16(20)19-11-17(21)9-10-22-15-4-2-1-3-14(15)17/h1-8,21H,9-11H2,(H,19,20). The molecule has 2 aromatic rings. The van der Waals surface area contributed by atoms with Gasteiger partial charge in [0.15, 0.2) is 0 Å². The van der Waals surface area contributed by atoms with Crippen LogP contribution in [-0.2, 0) is 5.60 Å². The molecule has 1 aliphatic heterocycles. The third-order valence-electron chi connectivity index (χ3n) is 3.81. The second kappa shape index (κ2) is 5.99. The number of carbonyl (C=O) groups excluding carboxylic acids is 1. The van der Waals surface area contributed by atoms with Crippen LogP contribution in [0, 0.1) is 0 Å². The quantitative estimate of drug-likeness (QED) is 0.915. The van der Waals surface area contributed by atoms with E-state index in [1.54, 1.807) is 24.3 Å². The molecule has 0 spiro atoms. The normalized spacial score (nSPS) is 19.9. The van der Waals surface area contributed by atoms with Gasteiger partial charge in [-0.3, -0.25) is 4.79 Å². The fraction of sp³-hybridized carbons (Fsp3) is 0.235. The summed E-state index contributed by atoms with van der Waals surface area (Å²) in [6.07, 6.45) is 0.435. The summed E-state index contributed by atoms with van der Waals surface area (Å²) in [5, 5.41) is 14.2. The first-order valence-electron chi connectivity index (χ1n) is 7.07. The zero-order chi connectivity index (χ0) is 15.6. The van der Waals surface area contributed by atoms with E-state index in [0.29, 0.717) is 34.9 Å². The highest BCUT2D eigenvalue weighted by atomic mass is 35.5. The number of fused-ring (bicyclic) bond motifs is 1. The molecule has 0 radical (unpaired) electrons. The van der Waals surface area contributed by atoms with Gasteiger partial charge in [-0.1, -0.05) is 29.8 Å². The fourth-order valence-corrected chi connectivity index (χ4v) is 2.68. The second-order valence-electron chi connectivity index (χ2n) is 5.32. The topological polar surface area (TPSA) is 58.6 Å². The number of benzene rings is 2. The molecule has 2 aromatic carbocycles. The molecule has 0 aromatic heterocycles. The first kappa shape index (κ1) is 14.9. The highest BCUT2D eigenvalue weighted by Crippen LogP contribution is 2.36. The van der Waals surface area contributed by atoms with Crippen molar-refractivity contribution in [2.75, 3.05) is 13.2 Å². The molecule has 1 amide bonds. The van der Waals surface area contributed by atoms with Gasteiger partial charge in [-0.2, -0.15) is 0 Å².